The van der Waals surface area contributed by atoms with Gasteiger partial charge < -0.3 is 0 Å². The predicted octanol–water partition coefficient (Wildman–Crippen LogP) is 3.38. The van der Waals surface area contributed by atoms with Gasteiger partial charge in [0.05, 0.1) is 6.54 Å². The van der Waals surface area contributed by atoms with Crippen molar-refractivity contribution >= 4 is 5.78 Å². The molecular formula is C16H23NO. The molecule has 0 radical (unpaired) electrons. The number of nitrogens with zero attached hydrogens (tertiary/aromatic N) is 1. The first-order valence-electron chi connectivity index (χ1n) is 6.97. The maximum absolute atomic E-state index is 12.2. The largest absolute Gasteiger partial charge is 0.296 e. The molecular weight excluding hydrogens is 222 g/mol. The van der Waals surface area contributed by atoms with Crippen molar-refractivity contribution < 1.29 is 4.79 Å². The van der Waals surface area contributed by atoms with E-state index in [-0.39, 0.29) is 5.78 Å². The molecule has 2 atom stereocenters. The number of benzene rings is 1. The van der Waals surface area contributed by atoms with Crippen LogP contribution >= 0.6 is 0 Å². The number of rotatable bonds is 4. The molecule has 1 aromatic carbocycles. The monoisotopic (exact) mass is 245 g/mol. The van der Waals surface area contributed by atoms with Crippen LogP contribution in [-0.4, -0.2) is 30.3 Å². The van der Waals surface area contributed by atoms with Crippen molar-refractivity contribution in [3.63, 3.8) is 0 Å². The van der Waals surface area contributed by atoms with Crippen LogP contribution in [0.15, 0.2) is 30.3 Å². The van der Waals surface area contributed by atoms with Gasteiger partial charge in [-0.05, 0) is 25.8 Å². The van der Waals surface area contributed by atoms with Gasteiger partial charge in [-0.3, -0.25) is 9.69 Å². The predicted molar refractivity (Wildman–Crippen MR) is 74.8 cm³/mol. The number of likely N-dealkylation sites (N-methyl/N-ethyl adjacent to an activating group) is 1. The summed E-state index contributed by atoms with van der Waals surface area (Å²) in [7, 11) is 2.09. The van der Waals surface area contributed by atoms with Crippen molar-refractivity contribution in [1.29, 1.82) is 0 Å². The number of hydrogen-bond acceptors (Lipinski definition) is 2. The second kappa shape index (κ2) is 6.14. The van der Waals surface area contributed by atoms with Crippen molar-refractivity contribution in [1.82, 2.24) is 4.90 Å². The van der Waals surface area contributed by atoms with Gasteiger partial charge in [-0.25, -0.2) is 0 Å². The summed E-state index contributed by atoms with van der Waals surface area (Å²) in [5.74, 6) is 0.947. The Morgan fingerprint density at radius 2 is 1.89 bits per heavy atom. The van der Waals surface area contributed by atoms with Crippen LogP contribution in [-0.2, 0) is 0 Å². The van der Waals surface area contributed by atoms with Crippen LogP contribution in [0.4, 0.5) is 0 Å². The zero-order valence-corrected chi connectivity index (χ0v) is 11.4. The molecule has 0 N–H and O–H groups in total. The molecule has 2 rings (SSSR count). The van der Waals surface area contributed by atoms with Gasteiger partial charge in [0.15, 0.2) is 5.78 Å². The van der Waals surface area contributed by atoms with Crippen molar-refractivity contribution in [2.75, 3.05) is 13.6 Å². The lowest BCUT2D eigenvalue weighted by molar-refractivity contribution is 0.0851. The molecule has 0 amide bonds. The molecule has 1 aliphatic carbocycles. The fourth-order valence-electron chi connectivity index (χ4n) is 3.01. The fourth-order valence-corrected chi connectivity index (χ4v) is 3.01. The molecule has 18 heavy (non-hydrogen) atoms. The Morgan fingerprint density at radius 3 is 2.56 bits per heavy atom. The summed E-state index contributed by atoms with van der Waals surface area (Å²) >= 11 is 0. The minimum atomic E-state index is 0.232. The summed E-state index contributed by atoms with van der Waals surface area (Å²) in [6, 6.07) is 10.2. The van der Waals surface area contributed by atoms with Crippen LogP contribution in [0.5, 0.6) is 0 Å². The minimum Gasteiger partial charge on any atom is -0.296 e. The van der Waals surface area contributed by atoms with Crippen LogP contribution in [0.25, 0.3) is 0 Å². The molecule has 0 spiro atoms. The van der Waals surface area contributed by atoms with E-state index in [4.69, 9.17) is 0 Å². The fraction of sp³-hybridized carbons (Fsp3) is 0.562. The SMILES string of the molecule is CC1CCCCC1N(C)CC(=O)c1ccccc1. The summed E-state index contributed by atoms with van der Waals surface area (Å²) in [5.41, 5.74) is 0.827. The summed E-state index contributed by atoms with van der Waals surface area (Å²) in [6.45, 7) is 2.85. The first-order valence-corrected chi connectivity index (χ1v) is 6.97. The van der Waals surface area contributed by atoms with E-state index in [1.807, 2.05) is 30.3 Å². The zero-order valence-electron chi connectivity index (χ0n) is 11.4. The molecule has 0 aromatic heterocycles. The van der Waals surface area contributed by atoms with E-state index in [0.717, 1.165) is 5.56 Å². The smallest absolute Gasteiger partial charge is 0.176 e. The van der Waals surface area contributed by atoms with Crippen LogP contribution in [0.3, 0.4) is 0 Å². The van der Waals surface area contributed by atoms with E-state index in [1.165, 1.54) is 25.7 Å². The Morgan fingerprint density at radius 1 is 1.22 bits per heavy atom. The van der Waals surface area contributed by atoms with Gasteiger partial charge in [-0.15, -0.1) is 0 Å². The summed E-state index contributed by atoms with van der Waals surface area (Å²) in [6.07, 6.45) is 5.19. The average Bonchev–Trinajstić information content (AvgIpc) is 2.40. The Balaban J connectivity index is 1.94. The van der Waals surface area contributed by atoms with Gasteiger partial charge in [-0.2, -0.15) is 0 Å². The topological polar surface area (TPSA) is 20.3 Å². The molecule has 2 unspecified atom stereocenters. The van der Waals surface area contributed by atoms with Gasteiger partial charge in [0.2, 0.25) is 0 Å². The molecule has 1 aromatic rings. The van der Waals surface area contributed by atoms with Gasteiger partial charge in [0.25, 0.3) is 0 Å². The van der Waals surface area contributed by atoms with Crippen molar-refractivity contribution in [2.45, 2.75) is 38.6 Å². The van der Waals surface area contributed by atoms with E-state index in [2.05, 4.69) is 18.9 Å². The summed E-state index contributed by atoms with van der Waals surface area (Å²) in [4.78, 5) is 14.4. The molecule has 1 fully saturated rings. The Kier molecular flexibility index (Phi) is 4.54. The lowest BCUT2D eigenvalue weighted by atomic mass is 9.85. The lowest BCUT2D eigenvalue weighted by Crippen LogP contribution is -2.41. The summed E-state index contributed by atoms with van der Waals surface area (Å²) in [5, 5.41) is 0. The number of ketones is 1. The Labute approximate surface area is 110 Å². The molecule has 98 valence electrons. The first-order chi connectivity index (χ1) is 8.68. The maximum Gasteiger partial charge on any atom is 0.176 e. The van der Waals surface area contributed by atoms with Crippen LogP contribution in [0, 0.1) is 5.92 Å². The standard InChI is InChI=1S/C16H23NO/c1-13-8-6-7-11-15(13)17(2)12-16(18)14-9-4-3-5-10-14/h3-5,9-10,13,15H,6-8,11-12H2,1-2H3. The number of carbonyl (C=O) groups excluding carboxylic acids is 1. The molecule has 0 heterocycles. The molecule has 0 aliphatic heterocycles. The van der Waals surface area contributed by atoms with E-state index >= 15 is 0 Å². The molecule has 2 nitrogen and oxygen atoms in total. The molecule has 1 aliphatic rings. The van der Waals surface area contributed by atoms with Crippen LogP contribution in [0.1, 0.15) is 43.0 Å². The van der Waals surface area contributed by atoms with Gasteiger partial charge in [0.1, 0.15) is 0 Å². The highest BCUT2D eigenvalue weighted by Gasteiger charge is 2.26. The minimum absolute atomic E-state index is 0.232. The van der Waals surface area contributed by atoms with Crippen LogP contribution < -0.4 is 0 Å². The summed E-state index contributed by atoms with van der Waals surface area (Å²) < 4.78 is 0. The highest BCUT2D eigenvalue weighted by molar-refractivity contribution is 5.97. The van der Waals surface area contributed by atoms with Gasteiger partial charge in [-0.1, -0.05) is 50.1 Å². The number of carbonyl (C=O) groups is 1. The lowest BCUT2D eigenvalue weighted by Gasteiger charge is -2.35. The van der Waals surface area contributed by atoms with Crippen LogP contribution in [0.2, 0.25) is 0 Å². The first kappa shape index (κ1) is 13.3. The number of hydrogen-bond donors (Lipinski definition) is 0. The highest BCUT2D eigenvalue weighted by atomic mass is 16.1. The third kappa shape index (κ3) is 3.20. The molecule has 2 heteroatoms. The quantitative estimate of drug-likeness (QED) is 0.758. The van der Waals surface area contributed by atoms with E-state index in [1.54, 1.807) is 0 Å². The van der Waals surface area contributed by atoms with E-state index in [0.29, 0.717) is 18.5 Å². The zero-order chi connectivity index (χ0) is 13.0. The normalized spacial score (nSPS) is 24.2. The van der Waals surface area contributed by atoms with Crippen molar-refractivity contribution in [2.24, 2.45) is 5.92 Å². The van der Waals surface area contributed by atoms with E-state index < -0.39 is 0 Å². The average molecular weight is 245 g/mol. The van der Waals surface area contributed by atoms with Crippen molar-refractivity contribution in [3.05, 3.63) is 35.9 Å². The third-order valence-corrected chi connectivity index (χ3v) is 4.12. The Bertz CT molecular complexity index is 387. The molecule has 0 bridgehead atoms. The molecule has 0 saturated heterocycles. The Hall–Kier alpha value is -1.15. The highest BCUT2D eigenvalue weighted by Crippen LogP contribution is 2.27. The number of Topliss-reactive ketones (excluding diaryl/α,β-unsaturated/α-hetero) is 1. The van der Waals surface area contributed by atoms with Crippen molar-refractivity contribution in [3.8, 4) is 0 Å². The van der Waals surface area contributed by atoms with Gasteiger partial charge in [0, 0.05) is 11.6 Å². The second-order valence-corrected chi connectivity index (χ2v) is 5.53. The van der Waals surface area contributed by atoms with E-state index in [9.17, 15) is 4.79 Å². The maximum atomic E-state index is 12.2. The molecule has 1 saturated carbocycles. The van der Waals surface area contributed by atoms with Gasteiger partial charge >= 0.3 is 0 Å². The third-order valence-electron chi connectivity index (χ3n) is 4.12. The second-order valence-electron chi connectivity index (χ2n) is 5.53.